The fourth-order valence-corrected chi connectivity index (χ4v) is 1.95. The standard InChI is InChI=1S/C13H12Cl2FN3O/c1-2-9(17)7-3-4-8(14)13(12(7)16)20-11-5-10(15)18-6-19-11/h3-6,9H,2,17H2,1H3/t9-/m1/s1. The van der Waals surface area contributed by atoms with E-state index in [1.165, 1.54) is 18.5 Å². The molecule has 106 valence electrons. The average molecular weight is 316 g/mol. The van der Waals surface area contributed by atoms with Crippen LogP contribution in [0.4, 0.5) is 4.39 Å². The van der Waals surface area contributed by atoms with E-state index in [4.69, 9.17) is 33.7 Å². The first-order valence-corrected chi connectivity index (χ1v) is 6.67. The van der Waals surface area contributed by atoms with Crippen molar-refractivity contribution in [3.05, 3.63) is 46.1 Å². The highest BCUT2D eigenvalue weighted by Crippen LogP contribution is 2.35. The van der Waals surface area contributed by atoms with E-state index in [0.29, 0.717) is 12.0 Å². The number of aromatic nitrogens is 2. The van der Waals surface area contributed by atoms with Crippen molar-refractivity contribution in [3.63, 3.8) is 0 Å². The summed E-state index contributed by atoms with van der Waals surface area (Å²) in [6, 6.07) is 4.02. The number of nitrogens with zero attached hydrogens (tertiary/aromatic N) is 2. The maximum Gasteiger partial charge on any atom is 0.224 e. The zero-order chi connectivity index (χ0) is 14.7. The minimum atomic E-state index is -0.596. The van der Waals surface area contributed by atoms with Crippen molar-refractivity contribution in [2.24, 2.45) is 5.73 Å². The molecule has 0 saturated heterocycles. The van der Waals surface area contributed by atoms with Gasteiger partial charge in [-0.15, -0.1) is 0 Å². The van der Waals surface area contributed by atoms with Gasteiger partial charge in [0.1, 0.15) is 11.5 Å². The van der Waals surface area contributed by atoms with E-state index in [1.807, 2.05) is 6.92 Å². The Bertz CT molecular complexity index is 625. The first-order chi connectivity index (χ1) is 9.52. The predicted octanol–water partition coefficient (Wildman–Crippen LogP) is 4.12. The van der Waals surface area contributed by atoms with Crippen molar-refractivity contribution < 1.29 is 9.13 Å². The van der Waals surface area contributed by atoms with Crippen LogP contribution in [-0.2, 0) is 0 Å². The molecule has 2 aromatic rings. The third kappa shape index (κ3) is 3.17. The van der Waals surface area contributed by atoms with Gasteiger partial charge in [0.15, 0.2) is 11.6 Å². The molecule has 0 fully saturated rings. The summed E-state index contributed by atoms with van der Waals surface area (Å²) in [6.45, 7) is 1.86. The van der Waals surface area contributed by atoms with Crippen molar-refractivity contribution in [3.8, 4) is 11.6 Å². The van der Waals surface area contributed by atoms with Gasteiger partial charge in [-0.2, -0.15) is 0 Å². The largest absolute Gasteiger partial charge is 0.434 e. The van der Waals surface area contributed by atoms with E-state index in [-0.39, 0.29) is 21.8 Å². The van der Waals surface area contributed by atoms with E-state index < -0.39 is 11.9 Å². The second-order valence-corrected chi connectivity index (χ2v) is 4.87. The molecule has 0 spiro atoms. The van der Waals surface area contributed by atoms with Crippen LogP contribution in [0.2, 0.25) is 10.2 Å². The highest BCUT2D eigenvalue weighted by atomic mass is 35.5. The second-order valence-electron chi connectivity index (χ2n) is 4.08. The topological polar surface area (TPSA) is 61.0 Å². The van der Waals surface area contributed by atoms with E-state index in [0.717, 1.165) is 0 Å². The highest BCUT2D eigenvalue weighted by Gasteiger charge is 2.18. The molecule has 20 heavy (non-hydrogen) atoms. The second kappa shape index (κ2) is 6.35. The maximum absolute atomic E-state index is 14.4. The molecular weight excluding hydrogens is 304 g/mol. The monoisotopic (exact) mass is 315 g/mol. The van der Waals surface area contributed by atoms with Gasteiger partial charge < -0.3 is 10.5 Å². The SMILES string of the molecule is CC[C@@H](N)c1ccc(Cl)c(Oc2cc(Cl)ncn2)c1F. The lowest BCUT2D eigenvalue weighted by molar-refractivity contribution is 0.420. The number of rotatable bonds is 4. The smallest absolute Gasteiger partial charge is 0.224 e. The van der Waals surface area contributed by atoms with Crippen molar-refractivity contribution in [2.75, 3.05) is 0 Å². The number of hydrogen-bond donors (Lipinski definition) is 1. The van der Waals surface area contributed by atoms with Crippen LogP contribution >= 0.6 is 23.2 Å². The Balaban J connectivity index is 2.40. The van der Waals surface area contributed by atoms with Crippen LogP contribution in [0, 0.1) is 5.82 Å². The molecule has 0 amide bonds. The summed E-state index contributed by atoms with van der Waals surface area (Å²) in [4.78, 5) is 7.55. The van der Waals surface area contributed by atoms with Crippen LogP contribution < -0.4 is 10.5 Å². The summed E-state index contributed by atoms with van der Waals surface area (Å²) in [5.74, 6) is -0.613. The quantitative estimate of drug-likeness (QED) is 0.862. The van der Waals surface area contributed by atoms with Gasteiger partial charge in [-0.3, -0.25) is 0 Å². The molecule has 0 aliphatic rings. The van der Waals surface area contributed by atoms with Crippen LogP contribution in [0.25, 0.3) is 0 Å². The minimum Gasteiger partial charge on any atom is -0.434 e. The van der Waals surface area contributed by atoms with Crippen LogP contribution in [-0.4, -0.2) is 9.97 Å². The molecule has 1 atom stereocenters. The van der Waals surface area contributed by atoms with E-state index in [9.17, 15) is 4.39 Å². The Morgan fingerprint density at radius 1 is 1.35 bits per heavy atom. The lowest BCUT2D eigenvalue weighted by atomic mass is 10.0. The van der Waals surface area contributed by atoms with Gasteiger partial charge in [0.2, 0.25) is 5.88 Å². The number of hydrogen-bond acceptors (Lipinski definition) is 4. The summed E-state index contributed by atoms with van der Waals surface area (Å²) in [7, 11) is 0. The van der Waals surface area contributed by atoms with Gasteiger partial charge in [-0.05, 0) is 12.5 Å². The number of benzene rings is 1. The number of halogens is 3. The fourth-order valence-electron chi connectivity index (χ4n) is 1.63. The first-order valence-electron chi connectivity index (χ1n) is 5.91. The van der Waals surface area contributed by atoms with Crippen molar-refractivity contribution in [1.82, 2.24) is 9.97 Å². The van der Waals surface area contributed by atoms with Gasteiger partial charge >= 0.3 is 0 Å². The van der Waals surface area contributed by atoms with Crippen LogP contribution in [0.5, 0.6) is 11.6 Å². The third-order valence-corrected chi connectivity index (χ3v) is 3.24. The zero-order valence-electron chi connectivity index (χ0n) is 10.6. The van der Waals surface area contributed by atoms with Crippen molar-refractivity contribution in [1.29, 1.82) is 0 Å². The van der Waals surface area contributed by atoms with Gasteiger partial charge in [0.25, 0.3) is 0 Å². The minimum absolute atomic E-state index is 0.105. The van der Waals surface area contributed by atoms with E-state index in [2.05, 4.69) is 9.97 Å². The molecule has 1 aromatic heterocycles. The number of ether oxygens (including phenoxy) is 1. The summed E-state index contributed by atoms with van der Waals surface area (Å²) in [6.07, 6.45) is 1.81. The highest BCUT2D eigenvalue weighted by molar-refractivity contribution is 6.32. The van der Waals surface area contributed by atoms with Crippen molar-refractivity contribution >= 4 is 23.2 Å². The Kier molecular flexibility index (Phi) is 4.75. The molecule has 0 aliphatic heterocycles. The molecule has 0 bridgehead atoms. The van der Waals surface area contributed by atoms with Gasteiger partial charge in [0.05, 0.1) is 5.02 Å². The van der Waals surface area contributed by atoms with Crippen molar-refractivity contribution in [2.45, 2.75) is 19.4 Å². The van der Waals surface area contributed by atoms with Gasteiger partial charge in [-0.25, -0.2) is 14.4 Å². The lowest BCUT2D eigenvalue weighted by Crippen LogP contribution is -2.11. The zero-order valence-corrected chi connectivity index (χ0v) is 12.1. The summed E-state index contributed by atoms with van der Waals surface area (Å²) < 4.78 is 19.7. The average Bonchev–Trinajstić information content (AvgIpc) is 2.43. The molecule has 1 aromatic carbocycles. The molecule has 2 rings (SSSR count). The Morgan fingerprint density at radius 2 is 2.10 bits per heavy atom. The Labute approximate surface area is 125 Å². The molecule has 0 unspecified atom stereocenters. The lowest BCUT2D eigenvalue weighted by Gasteiger charge is -2.14. The fraction of sp³-hybridized carbons (Fsp3) is 0.231. The molecule has 7 heteroatoms. The normalized spacial score (nSPS) is 12.2. The number of nitrogens with two attached hydrogens (primary N) is 1. The van der Waals surface area contributed by atoms with Crippen LogP contribution in [0.15, 0.2) is 24.5 Å². The molecule has 0 aliphatic carbocycles. The molecule has 1 heterocycles. The molecule has 2 N–H and O–H groups in total. The third-order valence-electron chi connectivity index (χ3n) is 2.73. The predicted molar refractivity (Wildman–Crippen MR) is 75.7 cm³/mol. The Morgan fingerprint density at radius 3 is 2.75 bits per heavy atom. The summed E-state index contributed by atoms with van der Waals surface area (Å²) >= 11 is 11.7. The van der Waals surface area contributed by atoms with Crippen LogP contribution in [0.1, 0.15) is 24.9 Å². The maximum atomic E-state index is 14.4. The summed E-state index contributed by atoms with van der Waals surface area (Å²) in [5.41, 5.74) is 6.19. The molecule has 0 saturated carbocycles. The Hall–Kier alpha value is -1.43. The van der Waals surface area contributed by atoms with Gasteiger partial charge in [0, 0.05) is 17.7 Å². The summed E-state index contributed by atoms with van der Waals surface area (Å²) in [5, 5.41) is 0.317. The van der Waals surface area contributed by atoms with E-state index in [1.54, 1.807) is 6.07 Å². The van der Waals surface area contributed by atoms with Gasteiger partial charge in [-0.1, -0.05) is 36.2 Å². The van der Waals surface area contributed by atoms with E-state index >= 15 is 0 Å². The molecule has 4 nitrogen and oxygen atoms in total. The molecule has 0 radical (unpaired) electrons. The van der Waals surface area contributed by atoms with Crippen LogP contribution in [0.3, 0.4) is 0 Å². The molecular formula is C13H12Cl2FN3O. The first kappa shape index (κ1) is 15.0.